The largest absolute Gasteiger partial charge is 0.493 e. The van der Waals surface area contributed by atoms with E-state index in [1.54, 1.807) is 43.5 Å². The van der Waals surface area contributed by atoms with Crippen LogP contribution in [0.5, 0.6) is 11.5 Å². The maximum Gasteiger partial charge on any atom is 0.243 e. The zero-order chi connectivity index (χ0) is 21.6. The Kier molecular flexibility index (Phi) is 7.33. The molecule has 1 amide bonds. The summed E-state index contributed by atoms with van der Waals surface area (Å²) in [5, 5.41) is 2.94. The van der Waals surface area contributed by atoms with E-state index in [4.69, 9.17) is 9.47 Å². The summed E-state index contributed by atoms with van der Waals surface area (Å²) in [4.78, 5) is 13.0. The van der Waals surface area contributed by atoms with Gasteiger partial charge in [0.15, 0.2) is 11.5 Å². The summed E-state index contributed by atoms with van der Waals surface area (Å²) in [7, 11) is -2.02. The van der Waals surface area contributed by atoms with Gasteiger partial charge in [0.25, 0.3) is 0 Å². The van der Waals surface area contributed by atoms with Crippen LogP contribution in [0.1, 0.15) is 19.8 Å². The molecule has 0 saturated carbocycles. The predicted octanol–water partition coefficient (Wildman–Crippen LogP) is 2.68. The van der Waals surface area contributed by atoms with E-state index in [0.717, 1.165) is 0 Å². The van der Waals surface area contributed by atoms with E-state index in [1.807, 2.05) is 25.1 Å². The average molecular weight is 433 g/mol. The van der Waals surface area contributed by atoms with Gasteiger partial charge in [-0.25, -0.2) is 8.42 Å². The molecule has 1 aliphatic heterocycles. The van der Waals surface area contributed by atoms with Crippen molar-refractivity contribution in [2.45, 2.75) is 30.7 Å². The molecule has 0 aromatic heterocycles. The van der Waals surface area contributed by atoms with Crippen molar-refractivity contribution >= 4 is 15.9 Å². The van der Waals surface area contributed by atoms with Gasteiger partial charge in [0.2, 0.25) is 15.9 Å². The number of sulfonamides is 1. The minimum atomic E-state index is -3.60. The van der Waals surface area contributed by atoms with Gasteiger partial charge in [-0.15, -0.1) is 0 Å². The first-order valence-electron chi connectivity index (χ1n) is 10.0. The van der Waals surface area contributed by atoms with Gasteiger partial charge in [-0.1, -0.05) is 30.3 Å². The first kappa shape index (κ1) is 22.1. The van der Waals surface area contributed by atoms with Crippen molar-refractivity contribution in [2.75, 3.05) is 26.8 Å². The Morgan fingerprint density at radius 2 is 1.80 bits per heavy atom. The number of carbonyl (C=O) groups is 1. The standard InChI is InChI=1S/C22H28N2O5S/c1-17(16-29-21-13-7-6-12-20(21)28-2)23-22(25)18-9-8-14-24(15-18)30(26,27)19-10-4-3-5-11-19/h3-7,10-13,17-18H,8-9,14-16H2,1-2H3,(H,23,25)/t17-,18+/m1/s1. The number of benzene rings is 2. The zero-order valence-electron chi connectivity index (χ0n) is 17.3. The Morgan fingerprint density at radius 1 is 1.13 bits per heavy atom. The predicted molar refractivity (Wildman–Crippen MR) is 114 cm³/mol. The highest BCUT2D eigenvalue weighted by Gasteiger charge is 2.33. The van der Waals surface area contributed by atoms with Crippen LogP contribution in [-0.4, -0.2) is 51.5 Å². The van der Waals surface area contributed by atoms with Crippen molar-refractivity contribution in [3.05, 3.63) is 54.6 Å². The topological polar surface area (TPSA) is 84.9 Å². The molecule has 162 valence electrons. The highest BCUT2D eigenvalue weighted by molar-refractivity contribution is 7.89. The Balaban J connectivity index is 1.56. The van der Waals surface area contributed by atoms with Crippen molar-refractivity contribution in [2.24, 2.45) is 5.92 Å². The normalized spacial score (nSPS) is 18.4. The molecule has 1 fully saturated rings. The molecular weight excluding hydrogens is 404 g/mol. The van der Waals surface area contributed by atoms with Gasteiger partial charge in [-0.2, -0.15) is 4.31 Å². The first-order chi connectivity index (χ1) is 14.4. The SMILES string of the molecule is COc1ccccc1OC[C@@H](C)NC(=O)[C@H]1CCCN(S(=O)(=O)c2ccccc2)C1. The zero-order valence-corrected chi connectivity index (χ0v) is 18.1. The van der Waals surface area contributed by atoms with E-state index < -0.39 is 10.0 Å². The molecule has 30 heavy (non-hydrogen) atoms. The van der Waals surface area contributed by atoms with E-state index in [0.29, 0.717) is 30.9 Å². The highest BCUT2D eigenvalue weighted by atomic mass is 32.2. The molecule has 0 bridgehead atoms. The molecule has 0 unspecified atom stereocenters. The number of nitrogens with zero attached hydrogens (tertiary/aromatic N) is 1. The molecule has 8 heteroatoms. The second-order valence-corrected chi connectivity index (χ2v) is 9.32. The summed E-state index contributed by atoms with van der Waals surface area (Å²) in [5.41, 5.74) is 0. The van der Waals surface area contributed by atoms with Crippen molar-refractivity contribution in [1.29, 1.82) is 0 Å². The molecular formula is C22H28N2O5S. The minimum Gasteiger partial charge on any atom is -0.493 e. The third-order valence-electron chi connectivity index (χ3n) is 5.08. The summed E-state index contributed by atoms with van der Waals surface area (Å²) in [6.07, 6.45) is 1.31. The molecule has 0 aliphatic carbocycles. The molecule has 0 spiro atoms. The van der Waals surface area contributed by atoms with Gasteiger partial charge in [-0.05, 0) is 44.0 Å². The monoisotopic (exact) mass is 432 g/mol. The smallest absolute Gasteiger partial charge is 0.243 e. The summed E-state index contributed by atoms with van der Waals surface area (Å²) >= 11 is 0. The van der Waals surface area contributed by atoms with Crippen LogP contribution in [0.2, 0.25) is 0 Å². The minimum absolute atomic E-state index is 0.154. The number of rotatable bonds is 8. The van der Waals surface area contributed by atoms with E-state index in [-0.39, 0.29) is 35.9 Å². The average Bonchev–Trinajstić information content (AvgIpc) is 2.78. The molecule has 7 nitrogen and oxygen atoms in total. The third-order valence-corrected chi connectivity index (χ3v) is 6.96. The fraction of sp³-hybridized carbons (Fsp3) is 0.409. The lowest BCUT2D eigenvalue weighted by Gasteiger charge is -2.31. The number of ether oxygens (including phenoxy) is 2. The molecule has 2 atom stereocenters. The number of carbonyl (C=O) groups excluding carboxylic acids is 1. The highest BCUT2D eigenvalue weighted by Crippen LogP contribution is 2.26. The lowest BCUT2D eigenvalue weighted by molar-refractivity contribution is -0.126. The quantitative estimate of drug-likeness (QED) is 0.693. The lowest BCUT2D eigenvalue weighted by atomic mass is 9.98. The van der Waals surface area contributed by atoms with Crippen molar-refractivity contribution in [3.8, 4) is 11.5 Å². The van der Waals surface area contributed by atoms with E-state index in [9.17, 15) is 13.2 Å². The Morgan fingerprint density at radius 3 is 2.50 bits per heavy atom. The number of amides is 1. The number of para-hydroxylation sites is 2. The Labute approximate surface area is 178 Å². The maximum atomic E-state index is 12.9. The van der Waals surface area contributed by atoms with Gasteiger partial charge >= 0.3 is 0 Å². The van der Waals surface area contributed by atoms with Crippen LogP contribution in [0.25, 0.3) is 0 Å². The summed E-state index contributed by atoms with van der Waals surface area (Å²) in [5.74, 6) is 0.703. The number of methoxy groups -OCH3 is 1. The molecule has 1 aliphatic rings. The molecule has 2 aromatic carbocycles. The van der Waals surface area contributed by atoms with Gasteiger partial charge < -0.3 is 14.8 Å². The van der Waals surface area contributed by atoms with Crippen LogP contribution >= 0.6 is 0 Å². The second-order valence-electron chi connectivity index (χ2n) is 7.39. The van der Waals surface area contributed by atoms with Crippen molar-refractivity contribution < 1.29 is 22.7 Å². The maximum absolute atomic E-state index is 12.9. The van der Waals surface area contributed by atoms with Crippen molar-refractivity contribution in [3.63, 3.8) is 0 Å². The molecule has 0 radical (unpaired) electrons. The summed E-state index contributed by atoms with van der Waals surface area (Å²) in [6, 6.07) is 15.4. The molecule has 3 rings (SSSR count). The first-order valence-corrected chi connectivity index (χ1v) is 11.5. The van der Waals surface area contributed by atoms with Gasteiger partial charge in [0.05, 0.1) is 24.0 Å². The molecule has 1 heterocycles. The van der Waals surface area contributed by atoms with Crippen LogP contribution in [-0.2, 0) is 14.8 Å². The van der Waals surface area contributed by atoms with Crippen LogP contribution in [0, 0.1) is 5.92 Å². The number of piperidine rings is 1. The molecule has 2 aromatic rings. The number of nitrogens with one attached hydrogen (secondary N) is 1. The summed E-state index contributed by atoms with van der Waals surface area (Å²) in [6.45, 7) is 2.75. The fourth-order valence-electron chi connectivity index (χ4n) is 3.47. The lowest BCUT2D eigenvalue weighted by Crippen LogP contribution is -2.48. The second kappa shape index (κ2) is 9.95. The van der Waals surface area contributed by atoms with Gasteiger partial charge in [-0.3, -0.25) is 4.79 Å². The fourth-order valence-corrected chi connectivity index (χ4v) is 5.02. The van der Waals surface area contributed by atoms with Gasteiger partial charge in [0, 0.05) is 13.1 Å². The van der Waals surface area contributed by atoms with Crippen LogP contribution in [0.4, 0.5) is 0 Å². The number of hydrogen-bond acceptors (Lipinski definition) is 5. The summed E-state index contributed by atoms with van der Waals surface area (Å²) < 4.78 is 38.2. The van der Waals surface area contributed by atoms with E-state index >= 15 is 0 Å². The third kappa shape index (κ3) is 5.31. The molecule has 1 saturated heterocycles. The molecule has 1 N–H and O–H groups in total. The van der Waals surface area contributed by atoms with Crippen LogP contribution < -0.4 is 14.8 Å². The van der Waals surface area contributed by atoms with Crippen LogP contribution in [0.15, 0.2) is 59.5 Å². The van der Waals surface area contributed by atoms with Crippen molar-refractivity contribution in [1.82, 2.24) is 9.62 Å². The number of hydrogen-bond donors (Lipinski definition) is 1. The van der Waals surface area contributed by atoms with Crippen LogP contribution in [0.3, 0.4) is 0 Å². The Bertz CT molecular complexity index is 949. The van der Waals surface area contributed by atoms with Gasteiger partial charge in [0.1, 0.15) is 6.61 Å². The van der Waals surface area contributed by atoms with E-state index in [2.05, 4.69) is 5.32 Å². The Hall–Kier alpha value is -2.58. The van der Waals surface area contributed by atoms with E-state index in [1.165, 1.54) is 4.31 Å².